The Morgan fingerprint density at radius 1 is 1.59 bits per heavy atom. The topological polar surface area (TPSA) is 54.0 Å². The standard InChI is InChI=1S/C11H11BrClN3O/c1-6(7-3-14-4-7)11(17)16-8-2-9(12)10(13)15-5-8/h2,5,14H,3-4H2,1H3,(H,16,17). The summed E-state index contributed by atoms with van der Waals surface area (Å²) in [5.74, 6) is -0.0995. The first-order chi connectivity index (χ1) is 8.08. The molecule has 0 bridgehead atoms. The molecule has 2 N–H and O–H groups in total. The smallest absolute Gasteiger partial charge is 0.251 e. The van der Waals surface area contributed by atoms with Crippen LogP contribution >= 0.6 is 27.5 Å². The van der Waals surface area contributed by atoms with Gasteiger partial charge in [-0.2, -0.15) is 0 Å². The maximum atomic E-state index is 11.9. The number of carbonyl (C=O) groups excluding carboxylic acids is 1. The Kier molecular flexibility index (Phi) is 3.81. The van der Waals surface area contributed by atoms with E-state index >= 15 is 0 Å². The molecule has 0 unspecified atom stereocenters. The number of halogens is 2. The van der Waals surface area contributed by atoms with Crippen LogP contribution in [0.2, 0.25) is 5.15 Å². The van der Waals surface area contributed by atoms with Gasteiger partial charge in [-0.3, -0.25) is 4.79 Å². The molecule has 0 radical (unpaired) electrons. The molecule has 0 aromatic carbocycles. The molecule has 1 saturated heterocycles. The molecule has 0 aliphatic carbocycles. The van der Waals surface area contributed by atoms with Crippen molar-refractivity contribution in [1.29, 1.82) is 0 Å². The van der Waals surface area contributed by atoms with Gasteiger partial charge in [0, 0.05) is 18.7 Å². The molecule has 0 saturated carbocycles. The zero-order valence-electron chi connectivity index (χ0n) is 9.18. The number of aromatic nitrogens is 1. The van der Waals surface area contributed by atoms with Crippen molar-refractivity contribution < 1.29 is 4.79 Å². The van der Waals surface area contributed by atoms with Gasteiger partial charge in [0.25, 0.3) is 5.91 Å². The summed E-state index contributed by atoms with van der Waals surface area (Å²) >= 11 is 9.03. The zero-order valence-corrected chi connectivity index (χ0v) is 11.5. The van der Waals surface area contributed by atoms with E-state index in [0.29, 0.717) is 15.3 Å². The van der Waals surface area contributed by atoms with Gasteiger partial charge in [0.15, 0.2) is 0 Å². The van der Waals surface area contributed by atoms with E-state index in [9.17, 15) is 4.79 Å². The van der Waals surface area contributed by atoms with Crippen LogP contribution in [0.3, 0.4) is 0 Å². The third kappa shape index (κ3) is 2.86. The minimum atomic E-state index is -0.0995. The molecule has 1 aliphatic heterocycles. The predicted octanol–water partition coefficient (Wildman–Crippen LogP) is 2.36. The first kappa shape index (κ1) is 12.5. The Hall–Kier alpha value is -0.910. The van der Waals surface area contributed by atoms with Gasteiger partial charge in [-0.15, -0.1) is 0 Å². The number of pyridine rings is 1. The second kappa shape index (κ2) is 5.16. The van der Waals surface area contributed by atoms with E-state index in [4.69, 9.17) is 11.6 Å². The molecule has 2 heterocycles. The maximum absolute atomic E-state index is 11.9. The molecular weight excluding hydrogens is 305 g/mol. The van der Waals surface area contributed by atoms with Crippen molar-refractivity contribution in [2.24, 2.45) is 0 Å². The van der Waals surface area contributed by atoms with Crippen LogP contribution in [-0.4, -0.2) is 24.0 Å². The highest BCUT2D eigenvalue weighted by Crippen LogP contribution is 2.23. The normalized spacial score (nSPS) is 14.2. The van der Waals surface area contributed by atoms with E-state index < -0.39 is 0 Å². The SMILES string of the molecule is CC(C(=O)Nc1cnc(Cl)c(Br)c1)=C1CNC1. The molecule has 4 nitrogen and oxygen atoms in total. The van der Waals surface area contributed by atoms with Crippen LogP contribution in [0.4, 0.5) is 5.69 Å². The molecule has 0 atom stereocenters. The van der Waals surface area contributed by atoms with Gasteiger partial charge >= 0.3 is 0 Å². The quantitative estimate of drug-likeness (QED) is 0.650. The summed E-state index contributed by atoms with van der Waals surface area (Å²) < 4.78 is 0.660. The van der Waals surface area contributed by atoms with Crippen LogP contribution in [0, 0.1) is 0 Å². The Morgan fingerprint density at radius 3 is 2.82 bits per heavy atom. The fraction of sp³-hybridized carbons (Fsp3) is 0.273. The number of nitrogens with one attached hydrogen (secondary N) is 2. The lowest BCUT2D eigenvalue weighted by Crippen LogP contribution is -2.36. The number of carbonyl (C=O) groups is 1. The molecule has 1 fully saturated rings. The fourth-order valence-electron chi connectivity index (χ4n) is 1.39. The summed E-state index contributed by atoms with van der Waals surface area (Å²) in [4.78, 5) is 15.8. The van der Waals surface area contributed by atoms with Gasteiger partial charge in [0.05, 0.1) is 16.4 Å². The number of anilines is 1. The van der Waals surface area contributed by atoms with Crippen LogP contribution < -0.4 is 10.6 Å². The van der Waals surface area contributed by atoms with E-state index in [-0.39, 0.29) is 5.91 Å². The third-order valence-electron chi connectivity index (χ3n) is 2.60. The van der Waals surface area contributed by atoms with E-state index in [0.717, 1.165) is 24.2 Å². The van der Waals surface area contributed by atoms with E-state index in [1.165, 1.54) is 6.20 Å². The van der Waals surface area contributed by atoms with Gasteiger partial charge < -0.3 is 10.6 Å². The van der Waals surface area contributed by atoms with Crippen LogP contribution in [0.25, 0.3) is 0 Å². The molecule has 1 aliphatic rings. The maximum Gasteiger partial charge on any atom is 0.251 e. The van der Waals surface area contributed by atoms with Crippen LogP contribution in [0.5, 0.6) is 0 Å². The minimum absolute atomic E-state index is 0.0995. The van der Waals surface area contributed by atoms with E-state index in [1.54, 1.807) is 6.07 Å². The molecule has 90 valence electrons. The molecule has 1 aromatic heterocycles. The number of hydrogen-bond donors (Lipinski definition) is 2. The molecule has 2 rings (SSSR count). The Labute approximate surface area is 113 Å². The van der Waals surface area contributed by atoms with E-state index in [2.05, 4.69) is 31.5 Å². The lowest BCUT2D eigenvalue weighted by atomic mass is 10.0. The Bertz CT molecular complexity index is 495. The summed E-state index contributed by atoms with van der Waals surface area (Å²) in [6.45, 7) is 3.41. The number of nitrogens with zero attached hydrogens (tertiary/aromatic N) is 1. The van der Waals surface area contributed by atoms with E-state index in [1.807, 2.05) is 6.92 Å². The molecule has 1 aromatic rings. The molecule has 17 heavy (non-hydrogen) atoms. The van der Waals surface area contributed by atoms with Crippen molar-refractivity contribution in [3.05, 3.63) is 33.0 Å². The zero-order chi connectivity index (χ0) is 12.4. The van der Waals surface area contributed by atoms with Crippen LogP contribution in [0.1, 0.15) is 6.92 Å². The predicted molar refractivity (Wildman–Crippen MR) is 71.1 cm³/mol. The Balaban J connectivity index is 2.10. The number of hydrogen-bond acceptors (Lipinski definition) is 3. The molecular formula is C11H11BrClN3O. The highest BCUT2D eigenvalue weighted by atomic mass is 79.9. The third-order valence-corrected chi connectivity index (χ3v) is 3.74. The highest BCUT2D eigenvalue weighted by molar-refractivity contribution is 9.10. The summed E-state index contributed by atoms with van der Waals surface area (Å²) in [6, 6.07) is 1.73. The second-order valence-corrected chi connectivity index (χ2v) is 5.00. The average molecular weight is 317 g/mol. The number of rotatable bonds is 2. The average Bonchev–Trinajstić information content (AvgIpc) is 2.21. The highest BCUT2D eigenvalue weighted by Gasteiger charge is 2.16. The van der Waals surface area contributed by atoms with Crippen molar-refractivity contribution in [3.63, 3.8) is 0 Å². The van der Waals surface area contributed by atoms with Gasteiger partial charge in [-0.1, -0.05) is 11.6 Å². The lowest BCUT2D eigenvalue weighted by Gasteiger charge is -2.21. The number of amides is 1. The largest absolute Gasteiger partial charge is 0.321 e. The second-order valence-electron chi connectivity index (χ2n) is 3.78. The van der Waals surface area contributed by atoms with Crippen molar-refractivity contribution in [1.82, 2.24) is 10.3 Å². The summed E-state index contributed by atoms with van der Waals surface area (Å²) in [6.07, 6.45) is 1.53. The Morgan fingerprint density at radius 2 is 2.29 bits per heavy atom. The van der Waals surface area contributed by atoms with Gasteiger partial charge in [-0.05, 0) is 34.5 Å². The minimum Gasteiger partial charge on any atom is -0.321 e. The van der Waals surface area contributed by atoms with Crippen molar-refractivity contribution in [3.8, 4) is 0 Å². The summed E-state index contributed by atoms with van der Waals surface area (Å²) in [5, 5.41) is 6.26. The van der Waals surface area contributed by atoms with Crippen molar-refractivity contribution in [2.45, 2.75) is 6.92 Å². The molecule has 1 amide bonds. The van der Waals surface area contributed by atoms with Crippen LogP contribution in [0.15, 0.2) is 27.9 Å². The first-order valence-corrected chi connectivity index (χ1v) is 6.27. The van der Waals surface area contributed by atoms with Crippen molar-refractivity contribution in [2.75, 3.05) is 18.4 Å². The monoisotopic (exact) mass is 315 g/mol. The van der Waals surface area contributed by atoms with Gasteiger partial charge in [0.2, 0.25) is 0 Å². The summed E-state index contributed by atoms with van der Waals surface area (Å²) in [5.41, 5.74) is 2.52. The molecule has 6 heteroatoms. The molecule has 0 spiro atoms. The van der Waals surface area contributed by atoms with Crippen LogP contribution in [-0.2, 0) is 4.79 Å². The van der Waals surface area contributed by atoms with Gasteiger partial charge in [-0.25, -0.2) is 4.98 Å². The summed E-state index contributed by atoms with van der Waals surface area (Å²) in [7, 11) is 0. The van der Waals surface area contributed by atoms with Crippen molar-refractivity contribution >= 4 is 39.1 Å². The lowest BCUT2D eigenvalue weighted by molar-refractivity contribution is -0.112. The fourth-order valence-corrected chi connectivity index (χ4v) is 1.84. The van der Waals surface area contributed by atoms with Gasteiger partial charge in [0.1, 0.15) is 5.15 Å². The first-order valence-electron chi connectivity index (χ1n) is 5.09.